The second-order valence-electron chi connectivity index (χ2n) is 4.96. The number of aryl methyl sites for hydroxylation is 1. The third-order valence-corrected chi connectivity index (χ3v) is 3.17. The number of rotatable bonds is 2. The fourth-order valence-electron chi connectivity index (χ4n) is 2.52. The molecule has 0 amide bonds. The van der Waals surface area contributed by atoms with Gasteiger partial charge >= 0.3 is 0 Å². The third-order valence-electron chi connectivity index (χ3n) is 3.17. The van der Waals surface area contributed by atoms with E-state index in [2.05, 4.69) is 30.3 Å². The van der Waals surface area contributed by atoms with E-state index in [1.807, 2.05) is 6.20 Å². The summed E-state index contributed by atoms with van der Waals surface area (Å²) in [6.45, 7) is 7.95. The van der Waals surface area contributed by atoms with Crippen molar-refractivity contribution in [1.29, 1.82) is 0 Å². The van der Waals surface area contributed by atoms with E-state index in [0.29, 0.717) is 0 Å². The van der Waals surface area contributed by atoms with Crippen LogP contribution in [-0.4, -0.2) is 9.55 Å². The van der Waals surface area contributed by atoms with E-state index in [9.17, 15) is 0 Å². The van der Waals surface area contributed by atoms with Crippen LogP contribution in [0.4, 0.5) is 0 Å². The molecule has 2 nitrogen and oxygen atoms in total. The Morgan fingerprint density at radius 3 is 3.07 bits per heavy atom. The topological polar surface area (TPSA) is 17.8 Å². The summed E-state index contributed by atoms with van der Waals surface area (Å²) in [5.41, 5.74) is 1.32. The fourth-order valence-corrected chi connectivity index (χ4v) is 2.52. The highest BCUT2D eigenvalue weighted by Crippen LogP contribution is 2.25. The van der Waals surface area contributed by atoms with Crippen molar-refractivity contribution in [2.45, 2.75) is 46.6 Å². The van der Waals surface area contributed by atoms with E-state index in [4.69, 9.17) is 0 Å². The average Bonchev–Trinajstić information content (AvgIpc) is 2.46. The molecule has 2 heteroatoms. The molecule has 2 heterocycles. The number of imidazole rings is 1. The van der Waals surface area contributed by atoms with Crippen LogP contribution in [0.5, 0.6) is 0 Å². The molecule has 2 rings (SSSR count). The predicted octanol–water partition coefficient (Wildman–Crippen LogP) is 2.80. The van der Waals surface area contributed by atoms with Crippen LogP contribution >= 0.6 is 0 Å². The molecule has 1 aliphatic heterocycles. The number of fused-ring (bicyclic) bond motifs is 1. The van der Waals surface area contributed by atoms with Gasteiger partial charge in [0, 0.05) is 24.9 Å². The van der Waals surface area contributed by atoms with Crippen LogP contribution in [0.3, 0.4) is 0 Å². The quantitative estimate of drug-likeness (QED) is 0.704. The molecule has 0 aliphatic carbocycles. The summed E-state index contributed by atoms with van der Waals surface area (Å²) in [5, 5.41) is 0. The zero-order chi connectivity index (χ0) is 10.1. The monoisotopic (exact) mass is 192 g/mol. The van der Waals surface area contributed by atoms with Gasteiger partial charge in [-0.25, -0.2) is 4.98 Å². The largest absolute Gasteiger partial charge is 0.332 e. The van der Waals surface area contributed by atoms with E-state index in [0.717, 1.165) is 11.8 Å². The minimum atomic E-state index is 0.822. The zero-order valence-corrected chi connectivity index (χ0v) is 9.45. The first-order chi connectivity index (χ1) is 6.66. The lowest BCUT2D eigenvalue weighted by molar-refractivity contribution is 0.322. The van der Waals surface area contributed by atoms with Crippen molar-refractivity contribution in [3.8, 4) is 0 Å². The maximum absolute atomic E-state index is 4.48. The summed E-state index contributed by atoms with van der Waals surface area (Å²) in [6, 6.07) is 0. The lowest BCUT2D eigenvalue weighted by Gasteiger charge is -2.25. The van der Waals surface area contributed by atoms with Gasteiger partial charge in [0.15, 0.2) is 0 Å². The van der Waals surface area contributed by atoms with Gasteiger partial charge in [-0.15, -0.1) is 0 Å². The predicted molar refractivity (Wildman–Crippen MR) is 58.2 cm³/mol. The van der Waals surface area contributed by atoms with Gasteiger partial charge < -0.3 is 4.57 Å². The molecule has 0 N–H and O–H groups in total. The van der Waals surface area contributed by atoms with Crippen molar-refractivity contribution in [3.63, 3.8) is 0 Å². The molecular formula is C12H20N2. The fraction of sp³-hybridized carbons (Fsp3) is 0.750. The van der Waals surface area contributed by atoms with Gasteiger partial charge in [-0.1, -0.05) is 13.8 Å². The lowest BCUT2D eigenvalue weighted by Crippen LogP contribution is -2.21. The second-order valence-corrected chi connectivity index (χ2v) is 4.96. The Morgan fingerprint density at radius 2 is 2.36 bits per heavy atom. The Labute approximate surface area is 86.3 Å². The summed E-state index contributed by atoms with van der Waals surface area (Å²) < 4.78 is 2.37. The Balaban J connectivity index is 2.06. The van der Waals surface area contributed by atoms with Crippen molar-refractivity contribution in [2.24, 2.45) is 11.8 Å². The molecule has 14 heavy (non-hydrogen) atoms. The Hall–Kier alpha value is -0.790. The molecule has 0 spiro atoms. The molecule has 1 aliphatic rings. The SMILES string of the molecule is Cc1cnc2n1CCC(CC(C)C)C2. The highest BCUT2D eigenvalue weighted by molar-refractivity contribution is 5.06. The summed E-state index contributed by atoms with van der Waals surface area (Å²) in [5.74, 6) is 2.99. The van der Waals surface area contributed by atoms with Crippen molar-refractivity contribution < 1.29 is 0 Å². The maximum atomic E-state index is 4.48. The van der Waals surface area contributed by atoms with Crippen LogP contribution in [0.1, 0.15) is 38.2 Å². The van der Waals surface area contributed by atoms with Crippen molar-refractivity contribution in [1.82, 2.24) is 9.55 Å². The van der Waals surface area contributed by atoms with E-state index in [1.54, 1.807) is 0 Å². The number of aromatic nitrogens is 2. The standard InChI is InChI=1S/C12H20N2/c1-9(2)6-11-4-5-14-10(3)8-13-12(14)7-11/h8-9,11H,4-7H2,1-3H3. The van der Waals surface area contributed by atoms with Gasteiger partial charge in [-0.05, 0) is 31.6 Å². The van der Waals surface area contributed by atoms with Gasteiger partial charge in [-0.3, -0.25) is 0 Å². The molecule has 1 aromatic rings. The normalized spacial score (nSPS) is 21.3. The molecule has 78 valence electrons. The zero-order valence-electron chi connectivity index (χ0n) is 9.45. The summed E-state index contributed by atoms with van der Waals surface area (Å²) in [7, 11) is 0. The number of hydrogen-bond acceptors (Lipinski definition) is 1. The molecule has 0 radical (unpaired) electrons. The first-order valence-corrected chi connectivity index (χ1v) is 5.68. The van der Waals surface area contributed by atoms with Crippen LogP contribution in [0.2, 0.25) is 0 Å². The van der Waals surface area contributed by atoms with Crippen molar-refractivity contribution >= 4 is 0 Å². The van der Waals surface area contributed by atoms with Crippen LogP contribution in [0.25, 0.3) is 0 Å². The van der Waals surface area contributed by atoms with Gasteiger partial charge in [0.05, 0.1) is 0 Å². The van der Waals surface area contributed by atoms with Crippen LogP contribution in [0, 0.1) is 18.8 Å². The second kappa shape index (κ2) is 3.76. The summed E-state index contributed by atoms with van der Waals surface area (Å²) in [4.78, 5) is 4.48. The number of hydrogen-bond donors (Lipinski definition) is 0. The van der Waals surface area contributed by atoms with E-state index in [1.165, 1.54) is 37.3 Å². The molecule has 1 aromatic heterocycles. The lowest BCUT2D eigenvalue weighted by atomic mass is 9.89. The van der Waals surface area contributed by atoms with Gasteiger partial charge in [0.1, 0.15) is 5.82 Å². The van der Waals surface area contributed by atoms with E-state index in [-0.39, 0.29) is 0 Å². The molecule has 1 atom stereocenters. The molecule has 0 fully saturated rings. The molecular weight excluding hydrogens is 172 g/mol. The average molecular weight is 192 g/mol. The van der Waals surface area contributed by atoms with E-state index < -0.39 is 0 Å². The van der Waals surface area contributed by atoms with Gasteiger partial charge in [0.25, 0.3) is 0 Å². The summed E-state index contributed by atoms with van der Waals surface area (Å²) in [6.07, 6.45) is 5.88. The molecule has 1 unspecified atom stereocenters. The van der Waals surface area contributed by atoms with Crippen molar-refractivity contribution in [3.05, 3.63) is 17.7 Å². The molecule has 0 saturated carbocycles. The smallest absolute Gasteiger partial charge is 0.109 e. The van der Waals surface area contributed by atoms with E-state index >= 15 is 0 Å². The Bertz CT molecular complexity index is 312. The molecule has 0 aromatic carbocycles. The van der Waals surface area contributed by atoms with Crippen LogP contribution < -0.4 is 0 Å². The Morgan fingerprint density at radius 1 is 1.57 bits per heavy atom. The maximum Gasteiger partial charge on any atom is 0.109 e. The highest BCUT2D eigenvalue weighted by atomic mass is 15.1. The van der Waals surface area contributed by atoms with Crippen LogP contribution in [-0.2, 0) is 13.0 Å². The molecule has 0 saturated heterocycles. The third kappa shape index (κ3) is 1.84. The summed E-state index contributed by atoms with van der Waals surface area (Å²) >= 11 is 0. The van der Waals surface area contributed by atoms with Gasteiger partial charge in [-0.2, -0.15) is 0 Å². The highest BCUT2D eigenvalue weighted by Gasteiger charge is 2.20. The first-order valence-electron chi connectivity index (χ1n) is 5.68. The molecule has 0 bridgehead atoms. The van der Waals surface area contributed by atoms with Crippen LogP contribution in [0.15, 0.2) is 6.20 Å². The first kappa shape index (κ1) is 9.75. The van der Waals surface area contributed by atoms with Crippen molar-refractivity contribution in [2.75, 3.05) is 0 Å². The minimum absolute atomic E-state index is 0.822. The van der Waals surface area contributed by atoms with Gasteiger partial charge in [0.2, 0.25) is 0 Å². The minimum Gasteiger partial charge on any atom is -0.332 e. The Kier molecular flexibility index (Phi) is 2.62. The number of nitrogens with zero attached hydrogens (tertiary/aromatic N) is 2.